The lowest BCUT2D eigenvalue weighted by Gasteiger charge is -2.17. The fourth-order valence-electron chi connectivity index (χ4n) is 1.56. The molecule has 0 aliphatic carbocycles. The minimum Gasteiger partial charge on any atom is -0.481 e. The molecular weight excluding hydrogens is 262 g/mol. The van der Waals surface area contributed by atoms with Crippen molar-refractivity contribution in [3.63, 3.8) is 0 Å². The summed E-state index contributed by atoms with van der Waals surface area (Å²) in [6, 6.07) is -1.17. The molecular formula is C10H17NO8. The van der Waals surface area contributed by atoms with Crippen LogP contribution in [-0.4, -0.2) is 69.6 Å². The predicted octanol–water partition coefficient (Wildman–Crippen LogP) is -2.84. The summed E-state index contributed by atoms with van der Waals surface area (Å²) in [6.07, 6.45) is -5.78. The Morgan fingerprint density at radius 2 is 1.95 bits per heavy atom. The number of rotatable bonds is 6. The van der Waals surface area contributed by atoms with Crippen molar-refractivity contribution in [2.24, 2.45) is 5.73 Å². The average molecular weight is 279 g/mol. The molecule has 1 aliphatic heterocycles. The number of aliphatic hydroxyl groups excluding tert-OH is 3. The summed E-state index contributed by atoms with van der Waals surface area (Å²) in [7, 11) is 0. The molecule has 5 atom stereocenters. The number of ether oxygens (including phenoxy) is 2. The quantitative estimate of drug-likeness (QED) is 0.323. The van der Waals surface area contributed by atoms with Gasteiger partial charge in [0.05, 0.1) is 6.61 Å². The Bertz CT molecular complexity index is 335. The third kappa shape index (κ3) is 4.11. The number of carbonyl (C=O) groups excluding carboxylic acids is 1. The minimum absolute atomic E-state index is 0.122. The molecule has 0 amide bonds. The van der Waals surface area contributed by atoms with Gasteiger partial charge in [-0.2, -0.15) is 0 Å². The molecule has 0 aromatic heterocycles. The normalized spacial score (nSPS) is 32.0. The van der Waals surface area contributed by atoms with Crippen molar-refractivity contribution in [3.05, 3.63) is 0 Å². The number of hydrogen-bond acceptors (Lipinski definition) is 8. The monoisotopic (exact) mass is 279 g/mol. The highest BCUT2D eigenvalue weighted by molar-refractivity contribution is 5.76. The van der Waals surface area contributed by atoms with Gasteiger partial charge in [0.1, 0.15) is 24.4 Å². The largest absolute Gasteiger partial charge is 0.481 e. The molecule has 1 fully saturated rings. The summed E-state index contributed by atoms with van der Waals surface area (Å²) in [5.74, 6) is -2.05. The molecule has 1 unspecified atom stereocenters. The van der Waals surface area contributed by atoms with Gasteiger partial charge in [0.2, 0.25) is 6.29 Å². The first-order valence-electron chi connectivity index (χ1n) is 5.67. The molecule has 1 rings (SSSR count). The van der Waals surface area contributed by atoms with Crippen LogP contribution in [0.15, 0.2) is 0 Å². The fraction of sp³-hybridized carbons (Fsp3) is 0.800. The molecule has 9 nitrogen and oxygen atoms in total. The molecule has 1 aliphatic rings. The maximum Gasteiger partial charge on any atom is 0.325 e. The van der Waals surface area contributed by atoms with Gasteiger partial charge >= 0.3 is 11.9 Å². The highest BCUT2D eigenvalue weighted by Crippen LogP contribution is 2.22. The Labute approximate surface area is 108 Å². The van der Waals surface area contributed by atoms with Crippen LogP contribution in [0.3, 0.4) is 0 Å². The molecule has 6 N–H and O–H groups in total. The molecule has 19 heavy (non-hydrogen) atoms. The van der Waals surface area contributed by atoms with E-state index in [1.807, 2.05) is 0 Å². The third-order valence-corrected chi connectivity index (χ3v) is 2.70. The van der Waals surface area contributed by atoms with Crippen molar-refractivity contribution in [2.45, 2.75) is 43.5 Å². The van der Waals surface area contributed by atoms with Gasteiger partial charge in [-0.15, -0.1) is 0 Å². The lowest BCUT2D eigenvalue weighted by atomic mass is 10.1. The topological polar surface area (TPSA) is 160 Å². The molecule has 0 saturated carbocycles. The first kappa shape index (κ1) is 15.8. The van der Waals surface area contributed by atoms with E-state index in [1.165, 1.54) is 0 Å². The van der Waals surface area contributed by atoms with E-state index in [0.29, 0.717) is 0 Å². The van der Waals surface area contributed by atoms with Crippen LogP contribution in [0.25, 0.3) is 0 Å². The summed E-state index contributed by atoms with van der Waals surface area (Å²) in [5, 5.41) is 36.2. The van der Waals surface area contributed by atoms with Crippen molar-refractivity contribution in [1.82, 2.24) is 0 Å². The van der Waals surface area contributed by atoms with E-state index < -0.39 is 49.2 Å². The molecule has 0 bridgehead atoms. The summed E-state index contributed by atoms with van der Waals surface area (Å²) in [4.78, 5) is 21.8. The van der Waals surface area contributed by atoms with Crippen LogP contribution in [0.4, 0.5) is 0 Å². The number of esters is 1. The lowest BCUT2D eigenvalue weighted by Crippen LogP contribution is -2.40. The number of carbonyl (C=O) groups is 2. The SMILES string of the molecule is N[C@@H](CCC(=O)O)C(=O)OC1O[C@H](CO)[C@@H](O)[C@H]1O. The van der Waals surface area contributed by atoms with E-state index in [9.17, 15) is 19.8 Å². The number of nitrogens with two attached hydrogens (primary N) is 1. The van der Waals surface area contributed by atoms with Crippen LogP contribution in [-0.2, 0) is 19.1 Å². The Hall–Kier alpha value is -1.26. The highest BCUT2D eigenvalue weighted by atomic mass is 16.7. The van der Waals surface area contributed by atoms with Gasteiger partial charge in [-0.1, -0.05) is 0 Å². The number of aliphatic hydroxyl groups is 3. The van der Waals surface area contributed by atoms with Crippen LogP contribution in [0.1, 0.15) is 12.8 Å². The van der Waals surface area contributed by atoms with E-state index in [1.54, 1.807) is 0 Å². The van der Waals surface area contributed by atoms with Gasteiger partial charge < -0.3 is 35.6 Å². The minimum atomic E-state index is -1.49. The van der Waals surface area contributed by atoms with Gasteiger partial charge in [0.15, 0.2) is 0 Å². The molecule has 1 heterocycles. The molecule has 0 aromatic rings. The molecule has 0 aromatic carbocycles. The van der Waals surface area contributed by atoms with E-state index >= 15 is 0 Å². The van der Waals surface area contributed by atoms with E-state index in [2.05, 4.69) is 0 Å². The zero-order chi connectivity index (χ0) is 14.6. The van der Waals surface area contributed by atoms with E-state index in [0.717, 1.165) is 0 Å². The molecule has 9 heteroatoms. The Balaban J connectivity index is 2.46. The summed E-state index contributed by atoms with van der Waals surface area (Å²) < 4.78 is 9.64. The molecule has 110 valence electrons. The van der Waals surface area contributed by atoms with Gasteiger partial charge in [-0.3, -0.25) is 9.59 Å². The first-order valence-corrected chi connectivity index (χ1v) is 5.67. The van der Waals surface area contributed by atoms with Crippen molar-refractivity contribution < 1.29 is 39.5 Å². The zero-order valence-corrected chi connectivity index (χ0v) is 10.0. The fourth-order valence-corrected chi connectivity index (χ4v) is 1.56. The number of hydrogen-bond donors (Lipinski definition) is 5. The molecule has 0 spiro atoms. The molecule has 0 radical (unpaired) electrons. The Morgan fingerprint density at radius 1 is 1.32 bits per heavy atom. The Kier molecular flexibility index (Phi) is 5.63. The molecule has 1 saturated heterocycles. The predicted molar refractivity (Wildman–Crippen MR) is 58.7 cm³/mol. The highest BCUT2D eigenvalue weighted by Gasteiger charge is 2.45. The number of aliphatic carboxylic acids is 1. The lowest BCUT2D eigenvalue weighted by molar-refractivity contribution is -0.191. The van der Waals surface area contributed by atoms with Crippen LogP contribution in [0.2, 0.25) is 0 Å². The van der Waals surface area contributed by atoms with Crippen LogP contribution < -0.4 is 5.73 Å². The van der Waals surface area contributed by atoms with Crippen molar-refractivity contribution >= 4 is 11.9 Å². The zero-order valence-electron chi connectivity index (χ0n) is 10.0. The summed E-state index contributed by atoms with van der Waals surface area (Å²) >= 11 is 0. The van der Waals surface area contributed by atoms with Crippen LogP contribution in [0.5, 0.6) is 0 Å². The van der Waals surface area contributed by atoms with Gasteiger partial charge in [0, 0.05) is 6.42 Å². The third-order valence-electron chi connectivity index (χ3n) is 2.70. The van der Waals surface area contributed by atoms with Crippen LogP contribution >= 0.6 is 0 Å². The second kappa shape index (κ2) is 6.78. The summed E-state index contributed by atoms with van der Waals surface area (Å²) in [6.45, 7) is -0.544. The van der Waals surface area contributed by atoms with Gasteiger partial charge in [0.25, 0.3) is 0 Å². The van der Waals surface area contributed by atoms with Crippen molar-refractivity contribution in [1.29, 1.82) is 0 Å². The maximum absolute atomic E-state index is 11.5. The summed E-state index contributed by atoms with van der Waals surface area (Å²) in [5.41, 5.74) is 5.40. The van der Waals surface area contributed by atoms with Crippen LogP contribution in [0, 0.1) is 0 Å². The maximum atomic E-state index is 11.5. The van der Waals surface area contributed by atoms with Crippen molar-refractivity contribution in [2.75, 3.05) is 6.61 Å². The number of carboxylic acids is 1. The van der Waals surface area contributed by atoms with E-state index in [4.69, 9.17) is 25.4 Å². The van der Waals surface area contributed by atoms with E-state index in [-0.39, 0.29) is 12.8 Å². The second-order valence-electron chi connectivity index (χ2n) is 4.18. The second-order valence-corrected chi connectivity index (χ2v) is 4.18. The Morgan fingerprint density at radius 3 is 2.42 bits per heavy atom. The number of carboxylic acid groups (broad SMARTS) is 1. The first-order chi connectivity index (χ1) is 8.86. The average Bonchev–Trinajstić information content (AvgIpc) is 2.63. The standard InChI is InChI=1S/C10H17NO8/c11-4(1-2-6(13)14)9(17)19-10-8(16)7(15)5(3-12)18-10/h4-5,7-8,10,12,15-16H,1-3,11H2,(H,13,14)/t4-,5+,7+,8+,10?/m0/s1. The van der Waals surface area contributed by atoms with Gasteiger partial charge in [-0.05, 0) is 6.42 Å². The van der Waals surface area contributed by atoms with Gasteiger partial charge in [-0.25, -0.2) is 0 Å². The van der Waals surface area contributed by atoms with Crippen molar-refractivity contribution in [3.8, 4) is 0 Å². The smallest absolute Gasteiger partial charge is 0.325 e.